The molecular formula is C18H17N4OS+. The van der Waals surface area contributed by atoms with Crippen LogP contribution in [0.4, 0.5) is 11.5 Å². The number of nitrogens with zero attached hydrogens (tertiary/aromatic N) is 1. The molecule has 0 fully saturated rings. The smallest absolute Gasteiger partial charge is 0.289 e. The number of nitriles is 1. The fourth-order valence-electron chi connectivity index (χ4n) is 2.69. The van der Waals surface area contributed by atoms with Gasteiger partial charge in [-0.05, 0) is 49.6 Å². The second-order valence-electron chi connectivity index (χ2n) is 5.88. The summed E-state index contributed by atoms with van der Waals surface area (Å²) in [5.74, 6) is 0.160. The highest BCUT2D eigenvalue weighted by molar-refractivity contribution is 7.21. The number of rotatable bonds is 2. The van der Waals surface area contributed by atoms with E-state index in [2.05, 4.69) is 4.98 Å². The summed E-state index contributed by atoms with van der Waals surface area (Å²) in [4.78, 5) is 17.1. The van der Waals surface area contributed by atoms with E-state index >= 15 is 0 Å². The van der Waals surface area contributed by atoms with Crippen LogP contribution in [0.15, 0.2) is 18.2 Å². The molecule has 0 spiro atoms. The van der Waals surface area contributed by atoms with Gasteiger partial charge in [0.25, 0.3) is 5.82 Å². The first-order valence-corrected chi connectivity index (χ1v) is 8.21. The number of fused-ring (bicyclic) bond motifs is 1. The summed E-state index contributed by atoms with van der Waals surface area (Å²) in [5, 5.41) is 9.75. The van der Waals surface area contributed by atoms with Gasteiger partial charge in [-0.2, -0.15) is 5.26 Å². The Morgan fingerprint density at radius 2 is 1.79 bits per heavy atom. The van der Waals surface area contributed by atoms with Gasteiger partial charge in [-0.25, -0.2) is 4.98 Å². The van der Waals surface area contributed by atoms with Crippen LogP contribution < -0.4 is 16.5 Å². The van der Waals surface area contributed by atoms with Crippen LogP contribution in [0.5, 0.6) is 0 Å². The molecule has 0 saturated carbocycles. The van der Waals surface area contributed by atoms with Gasteiger partial charge in [-0.15, -0.1) is 0 Å². The maximum Gasteiger partial charge on any atom is 0.289 e. The number of aromatic nitrogens is 1. The number of anilines is 2. The van der Waals surface area contributed by atoms with E-state index in [0.717, 1.165) is 16.7 Å². The summed E-state index contributed by atoms with van der Waals surface area (Å²) in [6.45, 7) is 5.92. The van der Waals surface area contributed by atoms with Crippen molar-refractivity contribution in [3.63, 3.8) is 0 Å². The highest BCUT2D eigenvalue weighted by Gasteiger charge is 2.23. The number of aryl methyl sites for hydroxylation is 3. The second kappa shape index (κ2) is 5.62. The molecule has 3 rings (SSSR count). The number of thiophene rings is 1. The summed E-state index contributed by atoms with van der Waals surface area (Å²) in [6, 6.07) is 7.54. The SMILES string of the molecule is Cc1cc(C)c(C(=O)c2sc3[nH+]c(N)c(C#N)cc3c2N)cc1C. The third-order valence-electron chi connectivity index (χ3n) is 4.22. The molecule has 0 saturated heterocycles. The first-order chi connectivity index (χ1) is 11.3. The number of H-pyrrole nitrogens is 1. The quantitative estimate of drug-likeness (QED) is 0.701. The molecule has 0 atom stereocenters. The Morgan fingerprint density at radius 1 is 1.12 bits per heavy atom. The summed E-state index contributed by atoms with van der Waals surface area (Å²) in [5.41, 5.74) is 16.5. The fourth-order valence-corrected chi connectivity index (χ4v) is 3.76. The van der Waals surface area contributed by atoms with Crippen LogP contribution in [0.2, 0.25) is 0 Å². The van der Waals surface area contributed by atoms with E-state index in [-0.39, 0.29) is 11.6 Å². The van der Waals surface area contributed by atoms with E-state index in [1.54, 1.807) is 6.07 Å². The third kappa shape index (κ3) is 2.39. The number of benzene rings is 1. The van der Waals surface area contributed by atoms with Gasteiger partial charge in [0.15, 0.2) is 4.83 Å². The molecular weight excluding hydrogens is 320 g/mol. The Labute approximate surface area is 143 Å². The van der Waals surface area contributed by atoms with Gasteiger partial charge in [0.2, 0.25) is 5.78 Å². The van der Waals surface area contributed by atoms with Crippen LogP contribution in [0, 0.1) is 32.1 Å². The Hall–Kier alpha value is -2.91. The molecule has 5 nitrogen and oxygen atoms in total. The molecule has 24 heavy (non-hydrogen) atoms. The summed E-state index contributed by atoms with van der Waals surface area (Å²) >= 11 is 1.26. The van der Waals surface area contributed by atoms with E-state index in [9.17, 15) is 4.79 Å². The van der Waals surface area contributed by atoms with Crippen molar-refractivity contribution < 1.29 is 9.78 Å². The highest BCUT2D eigenvalue weighted by Crippen LogP contribution is 2.34. The Balaban J connectivity index is 2.20. The molecule has 2 heterocycles. The average Bonchev–Trinajstić information content (AvgIpc) is 2.85. The first kappa shape index (κ1) is 16.0. The van der Waals surface area contributed by atoms with Gasteiger partial charge >= 0.3 is 0 Å². The lowest BCUT2D eigenvalue weighted by Gasteiger charge is -2.08. The molecule has 0 radical (unpaired) electrons. The van der Waals surface area contributed by atoms with Crippen molar-refractivity contribution in [3.05, 3.63) is 50.9 Å². The summed E-state index contributed by atoms with van der Waals surface area (Å²) in [6.07, 6.45) is 0. The lowest BCUT2D eigenvalue weighted by atomic mass is 9.97. The predicted molar refractivity (Wildman–Crippen MR) is 96.0 cm³/mol. The van der Waals surface area contributed by atoms with Gasteiger partial charge in [0.05, 0.1) is 11.1 Å². The molecule has 0 aliphatic heterocycles. The molecule has 5 N–H and O–H groups in total. The topological polar surface area (TPSA) is 107 Å². The molecule has 1 aromatic carbocycles. The Bertz CT molecular complexity index is 1040. The van der Waals surface area contributed by atoms with E-state index in [1.165, 1.54) is 11.3 Å². The number of nitrogens with two attached hydrogens (primary N) is 2. The van der Waals surface area contributed by atoms with Crippen molar-refractivity contribution in [2.24, 2.45) is 0 Å². The lowest BCUT2D eigenvalue weighted by molar-refractivity contribution is -0.323. The van der Waals surface area contributed by atoms with Gasteiger partial charge < -0.3 is 5.73 Å². The number of hydrogen-bond acceptors (Lipinski definition) is 5. The van der Waals surface area contributed by atoms with Crippen LogP contribution in [-0.4, -0.2) is 5.78 Å². The molecule has 0 amide bonds. The Kier molecular flexibility index (Phi) is 3.74. The van der Waals surface area contributed by atoms with E-state index in [0.29, 0.717) is 31.9 Å². The molecule has 3 aromatic rings. The van der Waals surface area contributed by atoms with Crippen LogP contribution >= 0.6 is 11.3 Å². The minimum atomic E-state index is -0.111. The van der Waals surface area contributed by atoms with Crippen molar-refractivity contribution in [1.82, 2.24) is 0 Å². The first-order valence-electron chi connectivity index (χ1n) is 7.40. The fraction of sp³-hybridized carbons (Fsp3) is 0.167. The summed E-state index contributed by atoms with van der Waals surface area (Å²) in [7, 11) is 0. The van der Waals surface area contributed by atoms with Crippen LogP contribution in [0.25, 0.3) is 10.2 Å². The van der Waals surface area contributed by atoms with Crippen LogP contribution in [0.3, 0.4) is 0 Å². The molecule has 0 aliphatic carbocycles. The minimum absolute atomic E-state index is 0.111. The monoisotopic (exact) mass is 337 g/mol. The zero-order chi connectivity index (χ0) is 17.6. The standard InChI is InChI=1S/C18H16N4OS/c1-8-4-10(3)12(5-9(8)2)15(23)16-14(20)13-6-11(7-19)17(21)22-18(13)24-16/h4-6H,20H2,1-3H3,(H2,21,22)/p+1. The van der Waals surface area contributed by atoms with E-state index < -0.39 is 0 Å². The van der Waals surface area contributed by atoms with Crippen LogP contribution in [0.1, 0.15) is 37.5 Å². The maximum absolute atomic E-state index is 13.0. The van der Waals surface area contributed by atoms with Crippen molar-refractivity contribution in [2.75, 3.05) is 11.5 Å². The third-order valence-corrected chi connectivity index (χ3v) is 5.36. The normalized spacial score (nSPS) is 10.8. The van der Waals surface area contributed by atoms with Gasteiger partial charge in [0.1, 0.15) is 16.5 Å². The number of ketones is 1. The average molecular weight is 337 g/mol. The second-order valence-corrected chi connectivity index (χ2v) is 6.90. The predicted octanol–water partition coefficient (Wildman–Crippen LogP) is 2.91. The summed E-state index contributed by atoms with van der Waals surface area (Å²) < 4.78 is 0. The maximum atomic E-state index is 13.0. The van der Waals surface area contributed by atoms with Crippen LogP contribution in [-0.2, 0) is 0 Å². The van der Waals surface area contributed by atoms with Crippen molar-refractivity contribution in [3.8, 4) is 6.07 Å². The molecule has 120 valence electrons. The molecule has 0 bridgehead atoms. The number of nitrogens with one attached hydrogen (secondary N) is 1. The van der Waals surface area contributed by atoms with Crippen molar-refractivity contribution in [2.45, 2.75) is 20.8 Å². The van der Waals surface area contributed by atoms with Crippen molar-refractivity contribution >= 4 is 38.8 Å². The number of pyridine rings is 1. The van der Waals surface area contributed by atoms with Gasteiger partial charge in [-0.1, -0.05) is 17.4 Å². The zero-order valence-electron chi connectivity index (χ0n) is 13.7. The minimum Gasteiger partial charge on any atom is -0.397 e. The lowest BCUT2D eigenvalue weighted by Crippen LogP contribution is -2.11. The molecule has 2 aromatic heterocycles. The van der Waals surface area contributed by atoms with Crippen molar-refractivity contribution in [1.29, 1.82) is 5.26 Å². The Morgan fingerprint density at radius 3 is 2.46 bits per heavy atom. The highest BCUT2D eigenvalue weighted by atomic mass is 32.1. The number of aromatic amines is 1. The van der Waals surface area contributed by atoms with E-state index in [4.69, 9.17) is 16.7 Å². The van der Waals surface area contributed by atoms with Gasteiger partial charge in [-0.3, -0.25) is 10.5 Å². The zero-order valence-corrected chi connectivity index (χ0v) is 14.5. The molecule has 0 unspecified atom stereocenters. The molecule has 0 aliphatic rings. The number of carbonyl (C=O) groups excluding carboxylic acids is 1. The number of nitrogen functional groups attached to an aromatic ring is 2. The van der Waals surface area contributed by atoms with Gasteiger partial charge in [0, 0.05) is 5.56 Å². The number of carbonyl (C=O) groups is 1. The largest absolute Gasteiger partial charge is 0.397 e. The number of hydrogen-bond donors (Lipinski definition) is 2. The molecule has 6 heteroatoms. The van der Waals surface area contributed by atoms with E-state index in [1.807, 2.05) is 39.0 Å².